The van der Waals surface area contributed by atoms with Gasteiger partial charge in [0.15, 0.2) is 15.2 Å². The van der Waals surface area contributed by atoms with Gasteiger partial charge in [-0.05, 0) is 13.0 Å². The summed E-state index contributed by atoms with van der Waals surface area (Å²) in [5, 5.41) is 11.1. The fraction of sp³-hybridized carbons (Fsp3) is 0.667. The third-order valence-electron chi connectivity index (χ3n) is 4.16. The van der Waals surface area contributed by atoms with Gasteiger partial charge in [-0.25, -0.2) is 13.2 Å². The molecule has 1 saturated heterocycles. The van der Waals surface area contributed by atoms with Crippen LogP contribution in [-0.2, 0) is 29.0 Å². The number of carboxylic acid groups (broad SMARTS) is 1. The van der Waals surface area contributed by atoms with Gasteiger partial charge in [0, 0.05) is 12.5 Å². The van der Waals surface area contributed by atoms with Crippen LogP contribution in [0.4, 0.5) is 0 Å². The van der Waals surface area contributed by atoms with Gasteiger partial charge in [-0.15, -0.1) is 0 Å². The van der Waals surface area contributed by atoms with Crippen molar-refractivity contribution in [1.29, 1.82) is 0 Å². The highest BCUT2D eigenvalue weighted by molar-refractivity contribution is 7.92. The summed E-state index contributed by atoms with van der Waals surface area (Å²) in [5.74, 6) is -3.23. The Balaban J connectivity index is 2.25. The first-order valence-electron chi connectivity index (χ1n) is 8.07. The molecule has 25 heavy (non-hydrogen) atoms. The molecule has 2 heterocycles. The van der Waals surface area contributed by atoms with E-state index in [1.165, 1.54) is 0 Å². The maximum absolute atomic E-state index is 12.5. The van der Waals surface area contributed by atoms with Crippen LogP contribution >= 0.6 is 0 Å². The maximum atomic E-state index is 12.5. The van der Waals surface area contributed by atoms with E-state index in [-0.39, 0.29) is 5.57 Å². The predicted molar refractivity (Wildman–Crippen MR) is 87.0 cm³/mol. The standard InChI is InChI=1S/C15H22N2O7S/c1-3-4-5-6-16-11-13(19)17-12(15(20)21)10(7-24-9(2)18)8-25(22,23)14(11)17/h11,14,16H,3-8H2,1-2H3,(H,20,21)/t11-,14+/m1/s1. The van der Waals surface area contributed by atoms with Crippen molar-refractivity contribution in [1.82, 2.24) is 10.2 Å². The minimum absolute atomic E-state index is 0.100. The molecule has 0 aromatic rings. The molecule has 2 N–H and O–H groups in total. The molecule has 10 heteroatoms. The third-order valence-corrected chi connectivity index (χ3v) is 6.13. The summed E-state index contributed by atoms with van der Waals surface area (Å²) in [6.45, 7) is 3.17. The zero-order chi connectivity index (χ0) is 18.8. The Morgan fingerprint density at radius 1 is 1.36 bits per heavy atom. The molecule has 0 unspecified atom stereocenters. The molecule has 2 rings (SSSR count). The van der Waals surface area contributed by atoms with Gasteiger partial charge < -0.3 is 15.2 Å². The average molecular weight is 374 g/mol. The largest absolute Gasteiger partial charge is 0.477 e. The molecular weight excluding hydrogens is 352 g/mol. The lowest BCUT2D eigenvalue weighted by molar-refractivity contribution is -0.149. The Morgan fingerprint density at radius 2 is 2.04 bits per heavy atom. The molecule has 2 aliphatic rings. The molecule has 0 spiro atoms. The molecule has 1 fully saturated rings. The zero-order valence-electron chi connectivity index (χ0n) is 14.1. The van der Waals surface area contributed by atoms with Crippen molar-refractivity contribution >= 4 is 27.7 Å². The van der Waals surface area contributed by atoms with Crippen molar-refractivity contribution in [2.75, 3.05) is 18.9 Å². The van der Waals surface area contributed by atoms with E-state index in [0.29, 0.717) is 6.54 Å². The smallest absolute Gasteiger partial charge is 0.352 e. The van der Waals surface area contributed by atoms with E-state index in [2.05, 4.69) is 5.32 Å². The summed E-state index contributed by atoms with van der Waals surface area (Å²) in [5.41, 5.74) is -0.505. The molecular formula is C15H22N2O7S. The molecule has 0 aromatic heterocycles. The lowest BCUT2D eigenvalue weighted by Crippen LogP contribution is -2.74. The molecule has 2 aliphatic heterocycles. The minimum atomic E-state index is -3.78. The van der Waals surface area contributed by atoms with Crippen molar-refractivity contribution < 1.29 is 32.6 Å². The Morgan fingerprint density at radius 3 is 2.60 bits per heavy atom. The van der Waals surface area contributed by atoms with Crippen LogP contribution in [0.3, 0.4) is 0 Å². The Bertz CT molecular complexity index is 713. The SMILES string of the molecule is CCCCCN[C@@H]1C(=O)N2C(C(=O)O)=C(COC(C)=O)CS(=O)(=O)[C@@H]12. The number of hydrogen-bond acceptors (Lipinski definition) is 7. The number of aliphatic carboxylic acids is 1. The van der Waals surface area contributed by atoms with Gasteiger partial charge in [-0.3, -0.25) is 14.5 Å². The molecule has 2 atom stereocenters. The van der Waals surface area contributed by atoms with E-state index in [1.54, 1.807) is 0 Å². The normalized spacial score (nSPS) is 24.6. The lowest BCUT2D eigenvalue weighted by Gasteiger charge is -2.49. The lowest BCUT2D eigenvalue weighted by atomic mass is 10.0. The number of rotatable bonds is 8. The first-order chi connectivity index (χ1) is 11.7. The number of hydrogen-bond donors (Lipinski definition) is 2. The number of β-lactam (4-membered cyclic amide) rings is 1. The molecule has 0 bridgehead atoms. The maximum Gasteiger partial charge on any atom is 0.352 e. The van der Waals surface area contributed by atoms with Gasteiger partial charge >= 0.3 is 11.9 Å². The molecule has 9 nitrogen and oxygen atoms in total. The highest BCUT2D eigenvalue weighted by Gasteiger charge is 2.59. The summed E-state index contributed by atoms with van der Waals surface area (Å²) in [4.78, 5) is 35.6. The number of unbranched alkanes of at least 4 members (excludes halogenated alkanes) is 2. The summed E-state index contributed by atoms with van der Waals surface area (Å²) < 4.78 is 29.8. The zero-order valence-corrected chi connectivity index (χ0v) is 15.0. The number of esters is 1. The van der Waals surface area contributed by atoms with Gasteiger partial charge in [0.25, 0.3) is 0 Å². The Kier molecular flexibility index (Phi) is 5.83. The average Bonchev–Trinajstić information content (AvgIpc) is 2.51. The van der Waals surface area contributed by atoms with Gasteiger partial charge in [-0.1, -0.05) is 19.8 Å². The number of nitrogens with zero attached hydrogens (tertiary/aromatic N) is 1. The van der Waals surface area contributed by atoms with Crippen molar-refractivity contribution in [2.24, 2.45) is 0 Å². The second kappa shape index (κ2) is 7.52. The van der Waals surface area contributed by atoms with Crippen LogP contribution in [0.5, 0.6) is 0 Å². The first kappa shape index (κ1) is 19.4. The number of sulfone groups is 1. The van der Waals surface area contributed by atoms with Crippen LogP contribution in [0, 0.1) is 0 Å². The van der Waals surface area contributed by atoms with E-state index in [1.807, 2.05) is 6.92 Å². The van der Waals surface area contributed by atoms with Crippen molar-refractivity contribution in [3.8, 4) is 0 Å². The summed E-state index contributed by atoms with van der Waals surface area (Å²) in [6, 6.07) is -0.938. The number of carboxylic acids is 1. The molecule has 0 aliphatic carbocycles. The second-order valence-electron chi connectivity index (χ2n) is 6.08. The summed E-state index contributed by atoms with van der Waals surface area (Å²) in [7, 11) is -3.78. The quantitative estimate of drug-likeness (QED) is 0.334. The van der Waals surface area contributed by atoms with Crippen LogP contribution in [0.25, 0.3) is 0 Å². The van der Waals surface area contributed by atoms with Crippen LogP contribution in [0.1, 0.15) is 33.1 Å². The first-order valence-corrected chi connectivity index (χ1v) is 9.79. The third kappa shape index (κ3) is 3.84. The molecule has 0 aromatic carbocycles. The second-order valence-corrected chi connectivity index (χ2v) is 8.18. The number of ether oxygens (including phenoxy) is 1. The minimum Gasteiger partial charge on any atom is -0.477 e. The van der Waals surface area contributed by atoms with Gasteiger partial charge in [0.1, 0.15) is 18.3 Å². The monoisotopic (exact) mass is 374 g/mol. The molecule has 1 amide bonds. The Labute approximate surface area is 145 Å². The van der Waals surface area contributed by atoms with Crippen molar-refractivity contribution in [3.63, 3.8) is 0 Å². The van der Waals surface area contributed by atoms with E-state index in [9.17, 15) is 27.9 Å². The van der Waals surface area contributed by atoms with Crippen LogP contribution in [0.2, 0.25) is 0 Å². The fourth-order valence-corrected chi connectivity index (χ4v) is 5.04. The van der Waals surface area contributed by atoms with Gasteiger partial charge in [0.05, 0.1) is 5.75 Å². The number of carbonyl (C=O) groups excluding carboxylic acids is 2. The molecule has 0 saturated carbocycles. The number of nitrogens with one attached hydrogen (secondary N) is 1. The topological polar surface area (TPSA) is 130 Å². The van der Waals surface area contributed by atoms with Crippen LogP contribution < -0.4 is 5.32 Å². The molecule has 0 radical (unpaired) electrons. The number of fused-ring (bicyclic) bond motifs is 1. The highest BCUT2D eigenvalue weighted by atomic mass is 32.2. The van der Waals surface area contributed by atoms with Crippen molar-refractivity contribution in [2.45, 2.75) is 44.5 Å². The number of carbonyl (C=O) groups is 3. The van der Waals surface area contributed by atoms with Crippen LogP contribution in [0.15, 0.2) is 11.3 Å². The van der Waals surface area contributed by atoms with Gasteiger partial charge in [0.2, 0.25) is 5.91 Å². The van der Waals surface area contributed by atoms with Gasteiger partial charge in [-0.2, -0.15) is 0 Å². The summed E-state index contributed by atoms with van der Waals surface area (Å²) in [6.07, 6.45) is 2.73. The summed E-state index contributed by atoms with van der Waals surface area (Å²) >= 11 is 0. The Hall–Kier alpha value is -1.94. The fourth-order valence-electron chi connectivity index (χ4n) is 3.01. The van der Waals surface area contributed by atoms with E-state index < -0.39 is 57.2 Å². The van der Waals surface area contributed by atoms with Crippen LogP contribution in [-0.4, -0.2) is 66.6 Å². The molecule has 140 valence electrons. The van der Waals surface area contributed by atoms with E-state index in [4.69, 9.17) is 4.74 Å². The predicted octanol–water partition coefficient (Wildman–Crippen LogP) is -0.367. The van der Waals surface area contributed by atoms with E-state index in [0.717, 1.165) is 31.1 Å². The number of amides is 1. The van der Waals surface area contributed by atoms with E-state index >= 15 is 0 Å². The highest BCUT2D eigenvalue weighted by Crippen LogP contribution is 2.36. The van der Waals surface area contributed by atoms with Crippen molar-refractivity contribution in [3.05, 3.63) is 11.3 Å².